The highest BCUT2D eigenvalue weighted by Crippen LogP contribution is 2.26. The lowest BCUT2D eigenvalue weighted by Crippen LogP contribution is -2.26. The number of nitrogens with two attached hydrogens (primary N) is 1. The number of nitrogens with one attached hydrogen (secondary N) is 1. The lowest BCUT2D eigenvalue weighted by Gasteiger charge is -2.22. The maximum Gasteiger partial charge on any atom is 0.128 e. The number of aromatic nitrogens is 1. The summed E-state index contributed by atoms with van der Waals surface area (Å²) in [6.07, 6.45) is 3.76. The molecule has 0 aliphatic carbocycles. The Morgan fingerprint density at radius 2 is 2.14 bits per heavy atom. The molecule has 21 heavy (non-hydrogen) atoms. The van der Waals surface area contributed by atoms with Crippen molar-refractivity contribution in [3.63, 3.8) is 0 Å². The summed E-state index contributed by atoms with van der Waals surface area (Å²) in [5, 5.41) is 3.60. The van der Waals surface area contributed by atoms with Crippen LogP contribution in [0.4, 0.5) is 5.82 Å². The molecular formula is C17H22BrN3. The van der Waals surface area contributed by atoms with Gasteiger partial charge in [-0.1, -0.05) is 35.0 Å². The first-order valence-corrected chi connectivity index (χ1v) is 8.10. The molecule has 1 unspecified atom stereocenters. The topological polar surface area (TPSA) is 50.9 Å². The number of pyridine rings is 1. The molecule has 0 bridgehead atoms. The molecule has 0 aliphatic heterocycles. The van der Waals surface area contributed by atoms with Crippen molar-refractivity contribution in [2.24, 2.45) is 0 Å². The first-order chi connectivity index (χ1) is 10.1. The average molecular weight is 348 g/mol. The van der Waals surface area contributed by atoms with Crippen LogP contribution in [0.5, 0.6) is 0 Å². The normalized spacial score (nSPS) is 12.3. The Labute approximate surface area is 135 Å². The molecule has 2 aromatic rings. The Bertz CT molecular complexity index is 578. The van der Waals surface area contributed by atoms with E-state index in [4.69, 9.17) is 5.73 Å². The average Bonchev–Trinajstić information content (AvgIpc) is 2.44. The number of rotatable bonds is 6. The Hall–Kier alpha value is -1.39. The van der Waals surface area contributed by atoms with Gasteiger partial charge in [0, 0.05) is 22.3 Å². The van der Waals surface area contributed by atoms with Gasteiger partial charge in [0.2, 0.25) is 0 Å². The standard InChI is InChI=1S/C17H22BrN3/c1-3-8-20-15(11-13-5-4-6-14(18)10-13)16-12(2)7-9-21-17(16)19/h4-7,9-10,15,20H,3,8,11H2,1-2H3,(H2,19,21). The van der Waals surface area contributed by atoms with Crippen molar-refractivity contribution in [2.45, 2.75) is 32.7 Å². The van der Waals surface area contributed by atoms with E-state index in [-0.39, 0.29) is 6.04 Å². The zero-order chi connectivity index (χ0) is 15.2. The summed E-state index contributed by atoms with van der Waals surface area (Å²) in [7, 11) is 0. The summed E-state index contributed by atoms with van der Waals surface area (Å²) >= 11 is 3.53. The summed E-state index contributed by atoms with van der Waals surface area (Å²) in [4.78, 5) is 4.26. The number of halogens is 1. The van der Waals surface area contributed by atoms with Crippen molar-refractivity contribution >= 4 is 21.7 Å². The second-order valence-electron chi connectivity index (χ2n) is 5.27. The fourth-order valence-corrected chi connectivity index (χ4v) is 2.99. The lowest BCUT2D eigenvalue weighted by atomic mass is 9.96. The Kier molecular flexibility index (Phi) is 5.76. The van der Waals surface area contributed by atoms with Crippen LogP contribution in [0.1, 0.15) is 36.1 Å². The van der Waals surface area contributed by atoms with E-state index in [1.807, 2.05) is 12.1 Å². The Morgan fingerprint density at radius 3 is 2.81 bits per heavy atom. The van der Waals surface area contributed by atoms with Crippen LogP contribution in [-0.4, -0.2) is 11.5 Å². The molecule has 0 fully saturated rings. The smallest absolute Gasteiger partial charge is 0.128 e. The van der Waals surface area contributed by atoms with E-state index in [2.05, 4.69) is 58.3 Å². The lowest BCUT2D eigenvalue weighted by molar-refractivity contribution is 0.527. The fraction of sp³-hybridized carbons (Fsp3) is 0.353. The third-order valence-electron chi connectivity index (χ3n) is 3.56. The van der Waals surface area contributed by atoms with Crippen molar-refractivity contribution in [3.8, 4) is 0 Å². The number of nitrogens with zero attached hydrogens (tertiary/aromatic N) is 1. The van der Waals surface area contributed by atoms with Gasteiger partial charge in [0.15, 0.2) is 0 Å². The number of nitrogen functional groups attached to an aromatic ring is 1. The molecule has 0 saturated carbocycles. The van der Waals surface area contributed by atoms with Crippen molar-refractivity contribution in [1.29, 1.82) is 0 Å². The van der Waals surface area contributed by atoms with Crippen LogP contribution >= 0.6 is 15.9 Å². The summed E-state index contributed by atoms with van der Waals surface area (Å²) in [6.45, 7) is 5.23. The van der Waals surface area contributed by atoms with Crippen LogP contribution in [0, 0.1) is 6.92 Å². The van der Waals surface area contributed by atoms with Crippen LogP contribution in [0.15, 0.2) is 41.0 Å². The minimum Gasteiger partial charge on any atom is -0.383 e. The van der Waals surface area contributed by atoms with Gasteiger partial charge in [0.05, 0.1) is 0 Å². The number of hydrogen-bond acceptors (Lipinski definition) is 3. The van der Waals surface area contributed by atoms with Gasteiger partial charge >= 0.3 is 0 Å². The molecule has 3 nitrogen and oxygen atoms in total. The minimum absolute atomic E-state index is 0.188. The maximum atomic E-state index is 6.12. The molecule has 0 saturated heterocycles. The van der Waals surface area contributed by atoms with E-state index < -0.39 is 0 Å². The molecule has 4 heteroatoms. The largest absolute Gasteiger partial charge is 0.383 e. The molecule has 0 amide bonds. The molecule has 2 rings (SSSR count). The van der Waals surface area contributed by atoms with Gasteiger partial charge in [-0.15, -0.1) is 0 Å². The molecule has 0 aliphatic rings. The molecule has 1 atom stereocenters. The SMILES string of the molecule is CCCNC(Cc1cccc(Br)c1)c1c(C)ccnc1N. The van der Waals surface area contributed by atoms with Crippen LogP contribution in [0.3, 0.4) is 0 Å². The number of anilines is 1. The highest BCUT2D eigenvalue weighted by Gasteiger charge is 2.17. The summed E-state index contributed by atoms with van der Waals surface area (Å²) < 4.78 is 1.10. The summed E-state index contributed by atoms with van der Waals surface area (Å²) in [5.74, 6) is 0.624. The highest BCUT2D eigenvalue weighted by atomic mass is 79.9. The molecule has 0 radical (unpaired) electrons. The molecule has 112 valence electrons. The summed E-state index contributed by atoms with van der Waals surface area (Å²) in [5.41, 5.74) is 9.70. The van der Waals surface area contributed by atoms with Crippen molar-refractivity contribution in [1.82, 2.24) is 10.3 Å². The predicted molar refractivity (Wildman–Crippen MR) is 92.3 cm³/mol. The first-order valence-electron chi connectivity index (χ1n) is 7.30. The third kappa shape index (κ3) is 4.29. The Balaban J connectivity index is 2.30. The van der Waals surface area contributed by atoms with Gasteiger partial charge in [0.25, 0.3) is 0 Å². The zero-order valence-electron chi connectivity index (χ0n) is 12.6. The maximum absolute atomic E-state index is 6.12. The molecule has 3 N–H and O–H groups in total. The van der Waals surface area contributed by atoms with Crippen LogP contribution in [-0.2, 0) is 6.42 Å². The van der Waals surface area contributed by atoms with Crippen LogP contribution in [0.25, 0.3) is 0 Å². The number of aryl methyl sites for hydroxylation is 1. The third-order valence-corrected chi connectivity index (χ3v) is 4.05. The summed E-state index contributed by atoms with van der Waals surface area (Å²) in [6, 6.07) is 10.6. The molecule has 1 heterocycles. The number of benzene rings is 1. The van der Waals surface area contributed by atoms with Crippen LogP contribution < -0.4 is 11.1 Å². The predicted octanol–water partition coefficient (Wildman–Crippen LogP) is 4.02. The van der Waals surface area contributed by atoms with E-state index in [0.717, 1.165) is 29.4 Å². The zero-order valence-corrected chi connectivity index (χ0v) is 14.2. The van der Waals surface area contributed by atoms with Crippen LogP contribution in [0.2, 0.25) is 0 Å². The van der Waals surface area contributed by atoms with Gasteiger partial charge < -0.3 is 11.1 Å². The van der Waals surface area contributed by atoms with Gasteiger partial charge in [-0.05, 0) is 55.6 Å². The van der Waals surface area contributed by atoms with Gasteiger partial charge in [-0.25, -0.2) is 4.98 Å². The van der Waals surface area contributed by atoms with E-state index >= 15 is 0 Å². The van der Waals surface area contributed by atoms with Gasteiger partial charge in [-0.2, -0.15) is 0 Å². The number of hydrogen-bond donors (Lipinski definition) is 2. The molecule has 1 aromatic carbocycles. The highest BCUT2D eigenvalue weighted by molar-refractivity contribution is 9.10. The molecule has 1 aromatic heterocycles. The fourth-order valence-electron chi connectivity index (χ4n) is 2.54. The van der Waals surface area contributed by atoms with E-state index in [0.29, 0.717) is 5.82 Å². The second kappa shape index (κ2) is 7.57. The molecular weight excluding hydrogens is 326 g/mol. The van der Waals surface area contributed by atoms with Crippen molar-refractivity contribution < 1.29 is 0 Å². The quantitative estimate of drug-likeness (QED) is 0.829. The van der Waals surface area contributed by atoms with E-state index in [9.17, 15) is 0 Å². The van der Waals surface area contributed by atoms with E-state index in [1.54, 1.807) is 6.20 Å². The first kappa shape index (κ1) is 16.0. The Morgan fingerprint density at radius 1 is 1.33 bits per heavy atom. The van der Waals surface area contributed by atoms with E-state index in [1.165, 1.54) is 11.1 Å². The monoisotopic (exact) mass is 347 g/mol. The second-order valence-corrected chi connectivity index (χ2v) is 6.18. The van der Waals surface area contributed by atoms with Crippen molar-refractivity contribution in [2.75, 3.05) is 12.3 Å². The van der Waals surface area contributed by atoms with Gasteiger partial charge in [-0.3, -0.25) is 0 Å². The van der Waals surface area contributed by atoms with Gasteiger partial charge in [0.1, 0.15) is 5.82 Å². The minimum atomic E-state index is 0.188. The van der Waals surface area contributed by atoms with Crippen molar-refractivity contribution in [3.05, 3.63) is 57.7 Å². The molecule has 0 spiro atoms.